The van der Waals surface area contributed by atoms with Crippen molar-refractivity contribution in [2.24, 2.45) is 0 Å². The van der Waals surface area contributed by atoms with Gasteiger partial charge in [0.05, 0.1) is 16.7 Å². The first-order chi connectivity index (χ1) is 15.7. The van der Waals surface area contributed by atoms with Crippen molar-refractivity contribution < 1.29 is 22.7 Å². The lowest BCUT2D eigenvalue weighted by atomic mass is 10.1. The molecular formula is C22H25Cl3N2O5S. The average molecular weight is 536 g/mol. The predicted molar refractivity (Wildman–Crippen MR) is 130 cm³/mol. The molecule has 180 valence electrons. The highest BCUT2D eigenvalue weighted by Gasteiger charge is 2.32. The minimum atomic E-state index is -3.82. The van der Waals surface area contributed by atoms with E-state index in [1.807, 2.05) is 12.1 Å². The largest absolute Gasteiger partial charge is 0.464 e. The molecule has 0 radical (unpaired) electrons. The van der Waals surface area contributed by atoms with Crippen molar-refractivity contribution in [3.8, 4) is 0 Å². The number of rotatable bonds is 8. The molecule has 0 N–H and O–H groups in total. The van der Waals surface area contributed by atoms with Crippen LogP contribution in [0.4, 0.5) is 5.69 Å². The van der Waals surface area contributed by atoms with E-state index < -0.39 is 22.1 Å². The van der Waals surface area contributed by atoms with Crippen molar-refractivity contribution in [2.75, 3.05) is 44.8 Å². The van der Waals surface area contributed by atoms with Crippen LogP contribution in [0.2, 0.25) is 15.1 Å². The normalized spacial score (nSPS) is 16.0. The quantitative estimate of drug-likeness (QED) is 0.470. The van der Waals surface area contributed by atoms with Crippen LogP contribution in [0.5, 0.6) is 0 Å². The number of esters is 1. The maximum absolute atomic E-state index is 13.1. The molecule has 11 heteroatoms. The maximum Gasteiger partial charge on any atom is 0.335 e. The molecule has 3 rings (SSSR count). The summed E-state index contributed by atoms with van der Waals surface area (Å²) in [5.74, 6) is -0.446. The standard InChI is InChI=1S/C22H25Cl3N2O5S/c1-3-32-22(28)20(31-2)14-15-13-16(7-8-17(15)23)26-9-11-27(12-10-26)33(29,30)21-18(24)5-4-6-19(21)25/h4-8,13,20H,3,9-12,14H2,1-2H3. The van der Waals surface area contributed by atoms with E-state index in [0.29, 0.717) is 18.1 Å². The van der Waals surface area contributed by atoms with Crippen molar-refractivity contribution >= 4 is 56.5 Å². The predicted octanol–water partition coefficient (Wildman–Crippen LogP) is 4.28. The molecule has 1 unspecified atom stereocenters. The van der Waals surface area contributed by atoms with Gasteiger partial charge in [0, 0.05) is 50.4 Å². The molecule has 2 aromatic rings. The first-order valence-corrected chi connectivity index (χ1v) is 12.9. The summed E-state index contributed by atoms with van der Waals surface area (Å²) in [6.45, 7) is 3.47. The van der Waals surface area contributed by atoms with Crippen molar-refractivity contribution in [3.63, 3.8) is 0 Å². The number of halogens is 3. The molecule has 7 nitrogen and oxygen atoms in total. The lowest BCUT2D eigenvalue weighted by Crippen LogP contribution is -2.48. The van der Waals surface area contributed by atoms with Crippen LogP contribution in [0.3, 0.4) is 0 Å². The Bertz CT molecular complexity index is 1080. The summed E-state index contributed by atoms with van der Waals surface area (Å²) in [5.41, 5.74) is 1.62. The molecule has 1 fully saturated rings. The van der Waals surface area contributed by atoms with Crippen molar-refractivity contribution in [2.45, 2.75) is 24.3 Å². The van der Waals surface area contributed by atoms with Crippen LogP contribution in [-0.4, -0.2) is 64.7 Å². The van der Waals surface area contributed by atoms with Crippen LogP contribution in [0, 0.1) is 0 Å². The zero-order chi connectivity index (χ0) is 24.2. The Morgan fingerprint density at radius 3 is 2.24 bits per heavy atom. The van der Waals surface area contributed by atoms with Gasteiger partial charge in [-0.15, -0.1) is 0 Å². The molecule has 0 aromatic heterocycles. The lowest BCUT2D eigenvalue weighted by Gasteiger charge is -2.36. The summed E-state index contributed by atoms with van der Waals surface area (Å²) in [7, 11) is -2.38. The third-order valence-corrected chi connectivity index (χ3v) is 8.61. The van der Waals surface area contributed by atoms with Gasteiger partial charge >= 0.3 is 5.97 Å². The van der Waals surface area contributed by atoms with E-state index in [1.165, 1.54) is 23.5 Å². The van der Waals surface area contributed by atoms with Gasteiger partial charge in [0.1, 0.15) is 4.90 Å². The third-order valence-electron chi connectivity index (χ3n) is 5.39. The summed E-state index contributed by atoms with van der Waals surface area (Å²) in [6, 6.07) is 10.1. The second kappa shape index (κ2) is 11.3. The van der Waals surface area contributed by atoms with Gasteiger partial charge in [-0.1, -0.05) is 40.9 Å². The van der Waals surface area contributed by atoms with Crippen molar-refractivity contribution in [1.29, 1.82) is 0 Å². The molecule has 1 saturated heterocycles. The fourth-order valence-corrected chi connectivity index (χ4v) is 6.37. The fourth-order valence-electron chi connectivity index (χ4n) is 3.66. The Kier molecular flexibility index (Phi) is 8.89. The molecule has 2 aromatic carbocycles. The van der Waals surface area contributed by atoms with Crippen LogP contribution in [0.25, 0.3) is 0 Å². The maximum atomic E-state index is 13.1. The smallest absolute Gasteiger partial charge is 0.335 e. The van der Waals surface area contributed by atoms with E-state index in [2.05, 4.69) is 4.90 Å². The van der Waals surface area contributed by atoms with E-state index in [9.17, 15) is 13.2 Å². The number of hydrogen-bond donors (Lipinski definition) is 0. The molecule has 0 bridgehead atoms. The minimum absolute atomic E-state index is 0.0693. The first-order valence-electron chi connectivity index (χ1n) is 10.4. The fraction of sp³-hybridized carbons (Fsp3) is 0.409. The number of carbonyl (C=O) groups is 1. The van der Waals surface area contributed by atoms with E-state index in [-0.39, 0.29) is 41.1 Å². The van der Waals surface area contributed by atoms with Crippen LogP contribution < -0.4 is 4.90 Å². The molecule has 1 atom stereocenters. The van der Waals surface area contributed by atoms with Crippen LogP contribution in [0.15, 0.2) is 41.3 Å². The molecule has 0 saturated carbocycles. The lowest BCUT2D eigenvalue weighted by molar-refractivity contribution is -0.154. The number of piperazine rings is 1. The Morgan fingerprint density at radius 2 is 1.67 bits per heavy atom. The van der Waals surface area contributed by atoms with Crippen molar-refractivity contribution in [3.05, 3.63) is 57.0 Å². The van der Waals surface area contributed by atoms with E-state index >= 15 is 0 Å². The SMILES string of the molecule is CCOC(=O)C(Cc1cc(N2CCN(S(=O)(=O)c3c(Cl)cccc3Cl)CC2)ccc1Cl)OC. The zero-order valence-electron chi connectivity index (χ0n) is 18.3. The Hall–Kier alpha value is -1.55. The van der Waals surface area contributed by atoms with Gasteiger partial charge in [0.2, 0.25) is 10.0 Å². The Balaban J connectivity index is 1.73. The van der Waals surface area contributed by atoms with E-state index in [4.69, 9.17) is 44.3 Å². The summed E-state index contributed by atoms with van der Waals surface area (Å²) in [5, 5.41) is 0.711. The van der Waals surface area contributed by atoms with E-state index in [1.54, 1.807) is 19.1 Å². The van der Waals surface area contributed by atoms with Crippen LogP contribution >= 0.6 is 34.8 Å². The Labute approximate surface area is 209 Å². The minimum Gasteiger partial charge on any atom is -0.464 e. The summed E-state index contributed by atoms with van der Waals surface area (Å²) < 4.78 is 37.9. The molecule has 0 spiro atoms. The van der Waals surface area contributed by atoms with E-state index in [0.717, 1.165) is 11.3 Å². The summed E-state index contributed by atoms with van der Waals surface area (Å²) in [4.78, 5) is 14.1. The number of ether oxygens (including phenoxy) is 2. The zero-order valence-corrected chi connectivity index (χ0v) is 21.3. The van der Waals surface area contributed by atoms with Gasteiger partial charge in [-0.05, 0) is 42.8 Å². The molecule has 33 heavy (non-hydrogen) atoms. The van der Waals surface area contributed by atoms with Gasteiger partial charge < -0.3 is 14.4 Å². The summed E-state index contributed by atoms with van der Waals surface area (Å²) >= 11 is 18.6. The highest BCUT2D eigenvalue weighted by Crippen LogP contribution is 2.33. The molecule has 1 heterocycles. The molecule has 1 aliphatic rings. The first kappa shape index (κ1) is 26.1. The van der Waals surface area contributed by atoms with Gasteiger partial charge in [0.25, 0.3) is 0 Å². The van der Waals surface area contributed by atoms with Gasteiger partial charge in [-0.2, -0.15) is 4.31 Å². The second-order valence-electron chi connectivity index (χ2n) is 7.40. The second-order valence-corrected chi connectivity index (χ2v) is 10.5. The number of sulfonamides is 1. The van der Waals surface area contributed by atoms with Gasteiger partial charge in [-0.3, -0.25) is 0 Å². The summed E-state index contributed by atoms with van der Waals surface area (Å²) in [6.07, 6.45) is -0.499. The van der Waals surface area contributed by atoms with Gasteiger partial charge in [0.15, 0.2) is 6.10 Å². The van der Waals surface area contributed by atoms with Crippen LogP contribution in [0.1, 0.15) is 12.5 Å². The highest BCUT2D eigenvalue weighted by molar-refractivity contribution is 7.89. The van der Waals surface area contributed by atoms with Crippen LogP contribution in [-0.2, 0) is 30.7 Å². The molecule has 1 aliphatic heterocycles. The topological polar surface area (TPSA) is 76.2 Å². The molecule has 0 amide bonds. The monoisotopic (exact) mass is 534 g/mol. The number of benzene rings is 2. The number of carbonyl (C=O) groups excluding carboxylic acids is 1. The number of nitrogens with zero attached hydrogens (tertiary/aromatic N) is 2. The number of methoxy groups -OCH3 is 1. The third kappa shape index (κ3) is 5.93. The molecule has 0 aliphatic carbocycles. The number of anilines is 1. The van der Waals surface area contributed by atoms with Crippen molar-refractivity contribution in [1.82, 2.24) is 4.31 Å². The highest BCUT2D eigenvalue weighted by atomic mass is 35.5. The Morgan fingerprint density at radius 1 is 1.03 bits per heavy atom. The van der Waals surface area contributed by atoms with Gasteiger partial charge in [-0.25, -0.2) is 13.2 Å². The average Bonchev–Trinajstić information content (AvgIpc) is 2.78. The number of hydrogen-bond acceptors (Lipinski definition) is 6. The molecular weight excluding hydrogens is 511 g/mol.